The van der Waals surface area contributed by atoms with Crippen molar-refractivity contribution in [2.45, 2.75) is 44.4 Å². The van der Waals surface area contributed by atoms with Gasteiger partial charge in [0.1, 0.15) is 5.82 Å². The van der Waals surface area contributed by atoms with Gasteiger partial charge >= 0.3 is 0 Å². The molecular weight excluding hydrogens is 265 g/mol. The fraction of sp³-hybridized carbons (Fsp3) is 0.571. The lowest BCUT2D eigenvalue weighted by Gasteiger charge is -2.15. The third-order valence-corrected chi connectivity index (χ3v) is 4.67. The average Bonchev–Trinajstić information content (AvgIpc) is 2.39. The highest BCUT2D eigenvalue weighted by Gasteiger charge is 2.16. The summed E-state index contributed by atoms with van der Waals surface area (Å²) in [7, 11) is -3.52. The van der Waals surface area contributed by atoms with Crippen molar-refractivity contribution in [2.24, 2.45) is 5.92 Å². The van der Waals surface area contributed by atoms with Gasteiger partial charge in [0.05, 0.1) is 4.90 Å². The second kappa shape index (κ2) is 7.60. The van der Waals surface area contributed by atoms with E-state index in [1.54, 1.807) is 0 Å². The Balaban J connectivity index is 2.61. The van der Waals surface area contributed by atoms with Crippen LogP contribution in [0.5, 0.6) is 0 Å². The highest BCUT2D eigenvalue weighted by Crippen LogP contribution is 2.14. The van der Waals surface area contributed by atoms with Gasteiger partial charge in [0.25, 0.3) is 0 Å². The first-order valence-electron chi connectivity index (χ1n) is 6.74. The highest BCUT2D eigenvalue weighted by molar-refractivity contribution is 7.89. The number of hydrogen-bond donors (Lipinski definition) is 1. The van der Waals surface area contributed by atoms with Crippen molar-refractivity contribution in [3.63, 3.8) is 0 Å². The van der Waals surface area contributed by atoms with Gasteiger partial charge < -0.3 is 0 Å². The summed E-state index contributed by atoms with van der Waals surface area (Å²) in [6.45, 7) is 4.62. The number of rotatable bonds is 8. The molecule has 1 unspecified atom stereocenters. The van der Waals surface area contributed by atoms with E-state index in [0.29, 0.717) is 12.5 Å². The summed E-state index contributed by atoms with van der Waals surface area (Å²) < 4.78 is 39.4. The van der Waals surface area contributed by atoms with E-state index in [1.807, 2.05) is 0 Å². The van der Waals surface area contributed by atoms with Crippen molar-refractivity contribution in [1.29, 1.82) is 0 Å². The molecule has 0 aliphatic rings. The van der Waals surface area contributed by atoms with Gasteiger partial charge in [-0.3, -0.25) is 0 Å². The Bertz CT molecular complexity index is 471. The van der Waals surface area contributed by atoms with Crippen LogP contribution in [0.2, 0.25) is 0 Å². The molecule has 1 rings (SSSR count). The molecule has 0 aromatic heterocycles. The third-order valence-electron chi connectivity index (χ3n) is 3.23. The molecule has 19 heavy (non-hydrogen) atoms. The van der Waals surface area contributed by atoms with Crippen LogP contribution in [0.3, 0.4) is 0 Å². The fourth-order valence-corrected chi connectivity index (χ4v) is 2.98. The van der Waals surface area contributed by atoms with Gasteiger partial charge in [0.15, 0.2) is 0 Å². The monoisotopic (exact) mass is 287 g/mol. The van der Waals surface area contributed by atoms with Gasteiger partial charge in [-0.2, -0.15) is 0 Å². The van der Waals surface area contributed by atoms with E-state index in [-0.39, 0.29) is 4.90 Å². The van der Waals surface area contributed by atoms with E-state index in [1.165, 1.54) is 12.1 Å². The van der Waals surface area contributed by atoms with Crippen LogP contribution in [0.1, 0.15) is 39.5 Å². The molecule has 0 saturated carbocycles. The Labute approximate surface area is 115 Å². The van der Waals surface area contributed by atoms with E-state index in [9.17, 15) is 12.8 Å². The van der Waals surface area contributed by atoms with Gasteiger partial charge in [0.2, 0.25) is 10.0 Å². The standard InChI is InChI=1S/C14H22FNO2S/c1-3-5-6-12(4-2)11-16-19(17,18)14-9-7-13(15)8-10-14/h7-10,12,16H,3-6,11H2,1-2H3. The lowest BCUT2D eigenvalue weighted by molar-refractivity contribution is 0.443. The molecule has 0 fully saturated rings. The number of hydrogen-bond acceptors (Lipinski definition) is 2. The van der Waals surface area contributed by atoms with Crippen LogP contribution in [0, 0.1) is 11.7 Å². The lowest BCUT2D eigenvalue weighted by atomic mass is 10.00. The Morgan fingerprint density at radius 1 is 1.21 bits per heavy atom. The van der Waals surface area contributed by atoms with E-state index in [0.717, 1.165) is 37.8 Å². The zero-order chi connectivity index (χ0) is 14.3. The zero-order valence-electron chi connectivity index (χ0n) is 11.5. The normalized spacial score (nSPS) is 13.4. The molecule has 0 bridgehead atoms. The van der Waals surface area contributed by atoms with Crippen molar-refractivity contribution in [2.75, 3.05) is 6.54 Å². The molecular formula is C14H22FNO2S. The van der Waals surface area contributed by atoms with E-state index in [2.05, 4.69) is 18.6 Å². The van der Waals surface area contributed by atoms with Gasteiger partial charge in [-0.15, -0.1) is 0 Å². The van der Waals surface area contributed by atoms with Crippen LogP contribution >= 0.6 is 0 Å². The maximum Gasteiger partial charge on any atom is 0.240 e. The van der Waals surface area contributed by atoms with Gasteiger partial charge in [-0.05, 0) is 36.6 Å². The van der Waals surface area contributed by atoms with Crippen LogP contribution in [-0.2, 0) is 10.0 Å². The summed E-state index contributed by atoms with van der Waals surface area (Å²) in [6.07, 6.45) is 4.20. The van der Waals surface area contributed by atoms with Crippen molar-refractivity contribution in [3.05, 3.63) is 30.1 Å². The van der Waals surface area contributed by atoms with Crippen molar-refractivity contribution >= 4 is 10.0 Å². The van der Waals surface area contributed by atoms with Crippen LogP contribution in [0.25, 0.3) is 0 Å². The molecule has 1 aromatic rings. The average molecular weight is 287 g/mol. The maximum absolute atomic E-state index is 12.8. The minimum Gasteiger partial charge on any atom is -0.211 e. The predicted octanol–water partition coefficient (Wildman–Crippen LogP) is 3.32. The summed E-state index contributed by atoms with van der Waals surface area (Å²) in [5.74, 6) is -0.0801. The number of unbranched alkanes of at least 4 members (excludes halogenated alkanes) is 1. The first-order chi connectivity index (χ1) is 8.99. The molecule has 0 aliphatic carbocycles. The molecule has 108 valence electrons. The fourth-order valence-electron chi connectivity index (χ4n) is 1.87. The van der Waals surface area contributed by atoms with E-state index < -0.39 is 15.8 Å². The smallest absolute Gasteiger partial charge is 0.211 e. The van der Waals surface area contributed by atoms with Gasteiger partial charge in [-0.25, -0.2) is 17.5 Å². The number of benzene rings is 1. The van der Waals surface area contributed by atoms with Crippen molar-refractivity contribution in [1.82, 2.24) is 4.72 Å². The number of halogens is 1. The molecule has 0 amide bonds. The Morgan fingerprint density at radius 2 is 1.84 bits per heavy atom. The molecule has 1 atom stereocenters. The molecule has 5 heteroatoms. The van der Waals surface area contributed by atoms with Gasteiger partial charge in [-0.1, -0.05) is 33.1 Å². The Morgan fingerprint density at radius 3 is 2.37 bits per heavy atom. The molecule has 1 N–H and O–H groups in total. The highest BCUT2D eigenvalue weighted by atomic mass is 32.2. The quantitative estimate of drug-likeness (QED) is 0.797. The maximum atomic E-state index is 12.8. The molecule has 3 nitrogen and oxygen atoms in total. The van der Waals surface area contributed by atoms with E-state index in [4.69, 9.17) is 0 Å². The SMILES string of the molecule is CCCCC(CC)CNS(=O)(=O)c1ccc(F)cc1. The van der Waals surface area contributed by atoms with Crippen molar-refractivity contribution in [3.8, 4) is 0 Å². The Kier molecular flexibility index (Phi) is 6.45. The second-order valence-corrected chi connectivity index (χ2v) is 6.49. The summed E-state index contributed by atoms with van der Waals surface area (Å²) in [5, 5.41) is 0. The summed E-state index contributed by atoms with van der Waals surface area (Å²) in [6, 6.07) is 4.88. The van der Waals surface area contributed by atoms with Crippen LogP contribution < -0.4 is 4.72 Å². The first-order valence-corrected chi connectivity index (χ1v) is 8.23. The van der Waals surface area contributed by atoms with E-state index >= 15 is 0 Å². The predicted molar refractivity (Wildman–Crippen MR) is 74.9 cm³/mol. The molecule has 0 saturated heterocycles. The van der Waals surface area contributed by atoms with Crippen LogP contribution in [0.4, 0.5) is 4.39 Å². The van der Waals surface area contributed by atoms with Crippen molar-refractivity contribution < 1.29 is 12.8 Å². The molecule has 0 aliphatic heterocycles. The number of sulfonamides is 1. The van der Waals surface area contributed by atoms with Gasteiger partial charge in [0, 0.05) is 6.54 Å². The first kappa shape index (κ1) is 16.1. The van der Waals surface area contributed by atoms with Crippen LogP contribution in [-0.4, -0.2) is 15.0 Å². The molecule has 1 aromatic carbocycles. The lowest BCUT2D eigenvalue weighted by Crippen LogP contribution is -2.29. The summed E-state index contributed by atoms with van der Waals surface area (Å²) in [4.78, 5) is 0.110. The minimum absolute atomic E-state index is 0.110. The zero-order valence-corrected chi connectivity index (χ0v) is 12.3. The number of nitrogens with one attached hydrogen (secondary N) is 1. The summed E-state index contributed by atoms with van der Waals surface area (Å²) >= 11 is 0. The topological polar surface area (TPSA) is 46.2 Å². The summed E-state index contributed by atoms with van der Waals surface area (Å²) in [5.41, 5.74) is 0. The molecule has 0 spiro atoms. The Hall–Kier alpha value is -0.940. The largest absolute Gasteiger partial charge is 0.240 e. The third kappa shape index (κ3) is 5.28. The molecule has 0 radical (unpaired) electrons. The van der Waals surface area contributed by atoms with Crippen LogP contribution in [0.15, 0.2) is 29.2 Å². The molecule has 0 heterocycles. The second-order valence-electron chi connectivity index (χ2n) is 4.72. The minimum atomic E-state index is -3.52.